The van der Waals surface area contributed by atoms with Crippen LogP contribution in [0.3, 0.4) is 0 Å². The molecule has 0 aliphatic carbocycles. The van der Waals surface area contributed by atoms with Crippen molar-refractivity contribution in [2.24, 2.45) is 0 Å². The molecule has 11 heteroatoms. The molecule has 3 amide bonds. The summed E-state index contributed by atoms with van der Waals surface area (Å²) < 4.78 is 41.9. The molecule has 9 nitrogen and oxygen atoms in total. The largest absolute Gasteiger partial charge is 0.332 e. The van der Waals surface area contributed by atoms with E-state index in [0.29, 0.717) is 22.9 Å². The molecule has 34 heavy (non-hydrogen) atoms. The highest BCUT2D eigenvalue weighted by atomic mass is 32.2. The van der Waals surface area contributed by atoms with Crippen LogP contribution in [0, 0.1) is 17.1 Å². The zero-order valence-corrected chi connectivity index (χ0v) is 18.3. The summed E-state index contributed by atoms with van der Waals surface area (Å²) in [7, 11) is -4.20. The van der Waals surface area contributed by atoms with Gasteiger partial charge >= 0.3 is 6.03 Å². The Kier molecular flexibility index (Phi) is 4.30. The minimum absolute atomic E-state index is 0.0135. The molecule has 3 aliphatic heterocycles. The highest BCUT2D eigenvalue weighted by Crippen LogP contribution is 2.45. The third-order valence-electron chi connectivity index (χ3n) is 6.75. The molecule has 6 rings (SSSR count). The van der Waals surface area contributed by atoms with Gasteiger partial charge in [0.1, 0.15) is 22.8 Å². The first-order chi connectivity index (χ1) is 16.3. The maximum atomic E-state index is 14.3. The van der Waals surface area contributed by atoms with Crippen LogP contribution < -0.4 is 4.90 Å². The second-order valence-corrected chi connectivity index (χ2v) is 10.3. The molecule has 1 unspecified atom stereocenters. The van der Waals surface area contributed by atoms with Crippen LogP contribution in [0.2, 0.25) is 0 Å². The van der Waals surface area contributed by atoms with E-state index >= 15 is 0 Å². The first-order valence-corrected chi connectivity index (χ1v) is 12.0. The minimum Gasteiger partial charge on any atom is -0.306 e. The Morgan fingerprint density at radius 1 is 1.09 bits per heavy atom. The lowest BCUT2D eigenvalue weighted by atomic mass is 10.1. The van der Waals surface area contributed by atoms with Gasteiger partial charge in [0.2, 0.25) is 10.0 Å². The Morgan fingerprint density at radius 3 is 2.65 bits per heavy atom. The lowest BCUT2D eigenvalue weighted by Crippen LogP contribution is -2.54. The first kappa shape index (κ1) is 20.7. The van der Waals surface area contributed by atoms with E-state index in [-0.39, 0.29) is 12.2 Å². The second-order valence-electron chi connectivity index (χ2n) is 8.41. The molecule has 3 aromatic rings. The molecule has 170 valence electrons. The Morgan fingerprint density at radius 2 is 1.88 bits per heavy atom. The molecule has 0 N–H and O–H groups in total. The molecule has 0 radical (unpaired) electrons. The van der Waals surface area contributed by atoms with Crippen molar-refractivity contribution in [1.82, 2.24) is 14.2 Å². The van der Waals surface area contributed by atoms with Crippen LogP contribution in [0.1, 0.15) is 12.0 Å². The number of nitriles is 1. The number of pyridine rings is 1. The van der Waals surface area contributed by atoms with Crippen molar-refractivity contribution in [3.63, 3.8) is 0 Å². The standard InChI is InChI=1S/C23H16FN5O4S/c24-16-5-1-2-6-19(16)34(32,33)27-12-14-10-18(27)21-22(30)29(23(31)28(14)21)17-8-7-13(11-25)20-15(17)4-3-9-26-20/h1-9,14,18,21H,10,12H2/t14-,18?,21-/m1/s1. The topological polar surface area (TPSA) is 115 Å². The first-order valence-electron chi connectivity index (χ1n) is 10.5. The van der Waals surface area contributed by atoms with E-state index in [0.717, 1.165) is 15.3 Å². The zero-order valence-electron chi connectivity index (χ0n) is 17.5. The normalized spacial score (nSPS) is 24.2. The number of halogens is 1. The zero-order chi connectivity index (χ0) is 23.8. The Bertz CT molecular complexity index is 1550. The van der Waals surface area contributed by atoms with E-state index in [2.05, 4.69) is 11.1 Å². The van der Waals surface area contributed by atoms with Gasteiger partial charge in [0.15, 0.2) is 0 Å². The molecule has 2 bridgehead atoms. The quantitative estimate of drug-likeness (QED) is 0.535. The summed E-state index contributed by atoms with van der Waals surface area (Å²) in [5.74, 6) is -1.42. The van der Waals surface area contributed by atoms with Gasteiger partial charge in [0.05, 0.1) is 22.8 Å². The second kappa shape index (κ2) is 7.06. The predicted octanol–water partition coefficient (Wildman–Crippen LogP) is 2.23. The van der Waals surface area contributed by atoms with Gasteiger partial charge in [-0.2, -0.15) is 9.57 Å². The Balaban J connectivity index is 1.41. The third-order valence-corrected chi connectivity index (χ3v) is 8.67. The number of benzene rings is 2. The SMILES string of the molecule is N#Cc1ccc(N2C(=O)[C@H]3C4C[C@H](CN4S(=O)(=O)c4ccccc4F)N3C2=O)c2cccnc12. The van der Waals surface area contributed by atoms with Crippen molar-refractivity contribution in [1.29, 1.82) is 5.26 Å². The number of fused-ring (bicyclic) bond motifs is 6. The lowest BCUT2D eigenvalue weighted by molar-refractivity contribution is -0.120. The van der Waals surface area contributed by atoms with Crippen LogP contribution in [0.15, 0.2) is 59.6 Å². The van der Waals surface area contributed by atoms with E-state index in [1.165, 1.54) is 41.4 Å². The fourth-order valence-corrected chi connectivity index (χ4v) is 7.08. The molecular formula is C23H16FN5O4S. The summed E-state index contributed by atoms with van der Waals surface area (Å²) in [6, 6.07) is 10.7. The van der Waals surface area contributed by atoms with Gasteiger partial charge in [-0.1, -0.05) is 12.1 Å². The number of amides is 3. The number of piperazine rings is 1. The van der Waals surface area contributed by atoms with E-state index in [4.69, 9.17) is 0 Å². The van der Waals surface area contributed by atoms with Crippen molar-refractivity contribution in [2.75, 3.05) is 11.4 Å². The van der Waals surface area contributed by atoms with E-state index in [1.807, 2.05) is 0 Å². The smallest absolute Gasteiger partial charge is 0.306 e. The molecule has 3 aliphatic rings. The van der Waals surface area contributed by atoms with Gasteiger partial charge in [-0.3, -0.25) is 9.78 Å². The molecule has 0 spiro atoms. The molecule has 3 saturated heterocycles. The number of imide groups is 1. The van der Waals surface area contributed by atoms with Crippen LogP contribution in [0.4, 0.5) is 14.9 Å². The van der Waals surface area contributed by atoms with Crippen molar-refractivity contribution >= 4 is 38.6 Å². The number of carbonyl (C=O) groups is 2. The maximum Gasteiger partial charge on any atom is 0.332 e. The van der Waals surface area contributed by atoms with E-state index < -0.39 is 50.8 Å². The highest BCUT2D eigenvalue weighted by molar-refractivity contribution is 7.89. The molecule has 0 saturated carbocycles. The predicted molar refractivity (Wildman–Crippen MR) is 117 cm³/mol. The molecule has 2 aromatic carbocycles. The summed E-state index contributed by atoms with van der Waals surface area (Å²) in [6.07, 6.45) is 1.82. The molecule has 3 fully saturated rings. The van der Waals surface area contributed by atoms with Gasteiger partial charge in [-0.15, -0.1) is 0 Å². The number of nitrogens with zero attached hydrogens (tertiary/aromatic N) is 5. The average molecular weight is 477 g/mol. The maximum absolute atomic E-state index is 14.3. The van der Waals surface area contributed by atoms with E-state index in [1.54, 1.807) is 12.1 Å². The molecule has 4 heterocycles. The monoisotopic (exact) mass is 477 g/mol. The number of hydrogen-bond donors (Lipinski definition) is 0. The summed E-state index contributed by atoms with van der Waals surface area (Å²) in [5, 5.41) is 9.85. The number of urea groups is 1. The Labute approximate surface area is 193 Å². The fraction of sp³-hybridized carbons (Fsp3) is 0.217. The van der Waals surface area contributed by atoms with Crippen molar-refractivity contribution in [3.05, 3.63) is 66.1 Å². The van der Waals surface area contributed by atoms with Crippen molar-refractivity contribution < 1.29 is 22.4 Å². The van der Waals surface area contributed by atoms with Gasteiger partial charge in [0, 0.05) is 24.2 Å². The summed E-state index contributed by atoms with van der Waals surface area (Å²) >= 11 is 0. The summed E-state index contributed by atoms with van der Waals surface area (Å²) in [5.41, 5.74) is 0.956. The minimum atomic E-state index is -4.20. The van der Waals surface area contributed by atoms with Crippen LogP contribution in [-0.4, -0.2) is 59.2 Å². The van der Waals surface area contributed by atoms with Gasteiger partial charge in [0.25, 0.3) is 5.91 Å². The number of aromatic nitrogens is 1. The summed E-state index contributed by atoms with van der Waals surface area (Å²) in [6.45, 7) is -0.0135. The number of sulfonamides is 1. The van der Waals surface area contributed by atoms with Crippen LogP contribution in [0.5, 0.6) is 0 Å². The highest BCUT2D eigenvalue weighted by Gasteiger charge is 2.64. The molecule has 3 atom stereocenters. The van der Waals surface area contributed by atoms with Crippen molar-refractivity contribution in [3.8, 4) is 6.07 Å². The van der Waals surface area contributed by atoms with Crippen LogP contribution >= 0.6 is 0 Å². The molecule has 1 aromatic heterocycles. The van der Waals surface area contributed by atoms with Crippen molar-refractivity contribution in [2.45, 2.75) is 29.4 Å². The van der Waals surface area contributed by atoms with Gasteiger partial charge in [-0.25, -0.2) is 22.5 Å². The molecular weight excluding hydrogens is 461 g/mol. The number of hydrogen-bond acceptors (Lipinski definition) is 6. The average Bonchev–Trinajstić information content (AvgIpc) is 3.50. The third kappa shape index (κ3) is 2.60. The van der Waals surface area contributed by atoms with Gasteiger partial charge < -0.3 is 4.90 Å². The van der Waals surface area contributed by atoms with Gasteiger partial charge in [-0.05, 0) is 42.8 Å². The Hall–Kier alpha value is -3.88. The lowest BCUT2D eigenvalue weighted by Gasteiger charge is -2.34. The number of anilines is 1. The number of carbonyl (C=O) groups excluding carboxylic acids is 2. The van der Waals surface area contributed by atoms with E-state index in [9.17, 15) is 27.7 Å². The van der Waals surface area contributed by atoms with Crippen LogP contribution in [0.25, 0.3) is 10.9 Å². The summed E-state index contributed by atoms with van der Waals surface area (Å²) in [4.78, 5) is 33.2. The number of rotatable bonds is 3. The fourth-order valence-electron chi connectivity index (χ4n) is 5.34. The van der Waals surface area contributed by atoms with Crippen LogP contribution in [-0.2, 0) is 14.8 Å².